The average Bonchev–Trinajstić information content (AvgIpc) is 2.87. The quantitative estimate of drug-likeness (QED) is 0.727. The normalized spacial score (nSPS) is 20.8. The maximum Gasteiger partial charge on any atom is 0.253 e. The van der Waals surface area contributed by atoms with Crippen LogP contribution < -0.4 is 5.32 Å². The molecule has 1 aromatic rings. The first-order valence-corrected chi connectivity index (χ1v) is 8.02. The molecule has 2 saturated heterocycles. The van der Waals surface area contributed by atoms with Crippen molar-refractivity contribution in [1.82, 2.24) is 10.2 Å². The fraction of sp³-hybridized carbons (Fsp3) is 0.533. The van der Waals surface area contributed by atoms with E-state index in [0.717, 1.165) is 48.2 Å². The Labute approximate surface area is 140 Å². The number of hydrogen-bond donors (Lipinski definition) is 1. The lowest BCUT2D eigenvalue weighted by atomic mass is 9.78. The summed E-state index contributed by atoms with van der Waals surface area (Å²) in [5, 5.41) is 3.46. The second kappa shape index (κ2) is 6.62. The van der Waals surface area contributed by atoms with Crippen LogP contribution in [0, 0.1) is 8.99 Å². The monoisotopic (exact) mass is 406 g/mol. The average molecular weight is 407 g/mol. The molecule has 2 aliphatic rings. The van der Waals surface area contributed by atoms with E-state index in [1.807, 2.05) is 29.2 Å². The van der Waals surface area contributed by atoms with E-state index in [-0.39, 0.29) is 18.3 Å². The summed E-state index contributed by atoms with van der Waals surface area (Å²) in [7, 11) is 0. The van der Waals surface area contributed by atoms with Crippen LogP contribution in [0.15, 0.2) is 24.3 Å². The second-order valence-electron chi connectivity index (χ2n) is 5.73. The van der Waals surface area contributed by atoms with Gasteiger partial charge in [0.1, 0.15) is 0 Å². The van der Waals surface area contributed by atoms with Crippen molar-refractivity contribution in [1.29, 1.82) is 0 Å². The first-order chi connectivity index (χ1) is 9.19. The van der Waals surface area contributed by atoms with Crippen LogP contribution in [-0.4, -0.2) is 37.0 Å². The van der Waals surface area contributed by atoms with Crippen LogP contribution in [0.4, 0.5) is 0 Å². The summed E-state index contributed by atoms with van der Waals surface area (Å²) in [4.78, 5) is 14.5. The molecule has 0 aliphatic carbocycles. The van der Waals surface area contributed by atoms with Crippen molar-refractivity contribution in [3.8, 4) is 0 Å². The van der Waals surface area contributed by atoms with Crippen molar-refractivity contribution in [2.45, 2.75) is 19.3 Å². The van der Waals surface area contributed by atoms with E-state index in [2.05, 4.69) is 27.9 Å². The zero-order chi connectivity index (χ0) is 13.3. The summed E-state index contributed by atoms with van der Waals surface area (Å²) < 4.78 is 1.12. The molecule has 2 heterocycles. The molecule has 0 aromatic heterocycles. The number of rotatable bonds is 1. The van der Waals surface area contributed by atoms with Crippen molar-refractivity contribution in [3.63, 3.8) is 0 Å². The molecule has 3 rings (SSSR count). The van der Waals surface area contributed by atoms with Crippen LogP contribution in [0.25, 0.3) is 0 Å². The van der Waals surface area contributed by atoms with Gasteiger partial charge in [0.05, 0.1) is 0 Å². The number of benzene rings is 1. The largest absolute Gasteiger partial charge is 0.339 e. The highest BCUT2D eigenvalue weighted by molar-refractivity contribution is 14.1. The molecule has 3 nitrogen and oxygen atoms in total. The predicted octanol–water partition coefficient (Wildman–Crippen LogP) is 2.93. The summed E-state index contributed by atoms with van der Waals surface area (Å²) in [6.45, 7) is 4.10. The smallest absolute Gasteiger partial charge is 0.253 e. The van der Waals surface area contributed by atoms with Gasteiger partial charge in [-0.3, -0.25) is 4.79 Å². The molecular formula is C15H20ClIN2O. The lowest BCUT2D eigenvalue weighted by Gasteiger charge is -2.38. The molecule has 2 fully saturated rings. The molecule has 1 spiro atoms. The summed E-state index contributed by atoms with van der Waals surface area (Å²) in [5.41, 5.74) is 1.30. The zero-order valence-electron chi connectivity index (χ0n) is 11.4. The van der Waals surface area contributed by atoms with Gasteiger partial charge in [-0.2, -0.15) is 0 Å². The standard InChI is InChI=1S/C15H19IN2O.ClH/c16-13-3-1-2-12(10-13)14(19)18-8-5-15(6-9-18)4-7-17-11-15;/h1-3,10,17H,4-9,11H2;1H. The highest BCUT2D eigenvalue weighted by atomic mass is 127. The molecule has 2 aliphatic heterocycles. The Kier molecular flexibility index (Phi) is 5.31. The fourth-order valence-electron chi connectivity index (χ4n) is 3.21. The molecule has 0 atom stereocenters. The molecule has 1 aromatic carbocycles. The molecule has 110 valence electrons. The maximum absolute atomic E-state index is 12.5. The Morgan fingerprint density at radius 1 is 1.25 bits per heavy atom. The van der Waals surface area contributed by atoms with Gasteiger partial charge in [-0.05, 0) is 72.0 Å². The first kappa shape index (κ1) is 16.0. The predicted molar refractivity (Wildman–Crippen MR) is 91.5 cm³/mol. The van der Waals surface area contributed by atoms with Crippen molar-refractivity contribution in [2.75, 3.05) is 26.2 Å². The molecular weight excluding hydrogens is 387 g/mol. The van der Waals surface area contributed by atoms with Crippen molar-refractivity contribution < 1.29 is 4.79 Å². The molecule has 20 heavy (non-hydrogen) atoms. The maximum atomic E-state index is 12.5. The minimum Gasteiger partial charge on any atom is -0.339 e. The third-order valence-electron chi connectivity index (χ3n) is 4.51. The van der Waals surface area contributed by atoms with E-state index >= 15 is 0 Å². The minimum atomic E-state index is 0. The van der Waals surface area contributed by atoms with E-state index in [4.69, 9.17) is 0 Å². The highest BCUT2D eigenvalue weighted by Gasteiger charge is 2.38. The molecule has 1 N–H and O–H groups in total. The van der Waals surface area contributed by atoms with Gasteiger partial charge in [-0.25, -0.2) is 0 Å². The Morgan fingerprint density at radius 2 is 2.00 bits per heavy atom. The van der Waals surface area contributed by atoms with Gasteiger partial charge < -0.3 is 10.2 Å². The van der Waals surface area contributed by atoms with Crippen LogP contribution in [0.3, 0.4) is 0 Å². The van der Waals surface area contributed by atoms with E-state index in [1.54, 1.807) is 0 Å². The number of carbonyl (C=O) groups is 1. The van der Waals surface area contributed by atoms with Crippen LogP contribution in [0.1, 0.15) is 29.6 Å². The van der Waals surface area contributed by atoms with Gasteiger partial charge in [-0.15, -0.1) is 12.4 Å². The third-order valence-corrected chi connectivity index (χ3v) is 5.19. The first-order valence-electron chi connectivity index (χ1n) is 6.94. The van der Waals surface area contributed by atoms with E-state index in [1.165, 1.54) is 6.42 Å². The van der Waals surface area contributed by atoms with Gasteiger partial charge in [0.15, 0.2) is 0 Å². The lowest BCUT2D eigenvalue weighted by molar-refractivity contribution is 0.0607. The van der Waals surface area contributed by atoms with Crippen LogP contribution >= 0.6 is 35.0 Å². The van der Waals surface area contributed by atoms with Gasteiger partial charge in [0.2, 0.25) is 0 Å². The number of hydrogen-bond acceptors (Lipinski definition) is 2. The second-order valence-corrected chi connectivity index (χ2v) is 6.97. The van der Waals surface area contributed by atoms with Gasteiger partial charge >= 0.3 is 0 Å². The zero-order valence-corrected chi connectivity index (χ0v) is 14.4. The Bertz CT molecular complexity index is 479. The number of halogens is 2. The molecule has 0 unspecified atom stereocenters. The Balaban J connectivity index is 0.00000147. The number of carbonyl (C=O) groups excluding carboxylic acids is 1. The number of nitrogens with one attached hydrogen (secondary N) is 1. The fourth-order valence-corrected chi connectivity index (χ4v) is 3.75. The highest BCUT2D eigenvalue weighted by Crippen LogP contribution is 2.37. The van der Waals surface area contributed by atoms with Crippen molar-refractivity contribution in [3.05, 3.63) is 33.4 Å². The van der Waals surface area contributed by atoms with Crippen LogP contribution in [-0.2, 0) is 0 Å². The number of likely N-dealkylation sites (tertiary alicyclic amines) is 1. The molecule has 0 saturated carbocycles. The van der Waals surface area contributed by atoms with Gasteiger partial charge in [0.25, 0.3) is 5.91 Å². The summed E-state index contributed by atoms with van der Waals surface area (Å²) in [6, 6.07) is 7.88. The number of piperidine rings is 1. The van der Waals surface area contributed by atoms with Crippen LogP contribution in [0.2, 0.25) is 0 Å². The van der Waals surface area contributed by atoms with Crippen molar-refractivity contribution >= 4 is 40.9 Å². The van der Waals surface area contributed by atoms with Crippen LogP contribution in [0.5, 0.6) is 0 Å². The molecule has 5 heteroatoms. The van der Waals surface area contributed by atoms with E-state index in [9.17, 15) is 4.79 Å². The van der Waals surface area contributed by atoms with E-state index in [0.29, 0.717) is 5.41 Å². The molecule has 0 bridgehead atoms. The van der Waals surface area contributed by atoms with Gasteiger partial charge in [0, 0.05) is 28.8 Å². The van der Waals surface area contributed by atoms with E-state index < -0.39 is 0 Å². The summed E-state index contributed by atoms with van der Waals surface area (Å²) in [6.07, 6.45) is 3.57. The summed E-state index contributed by atoms with van der Waals surface area (Å²) >= 11 is 2.26. The SMILES string of the molecule is Cl.O=C(c1cccc(I)c1)N1CCC2(CCNC2)CC1. The molecule has 0 radical (unpaired) electrons. The molecule has 1 amide bonds. The number of amides is 1. The Morgan fingerprint density at radius 3 is 2.60 bits per heavy atom. The topological polar surface area (TPSA) is 32.3 Å². The Hall–Kier alpha value is -0.330. The minimum absolute atomic E-state index is 0. The number of nitrogens with zero attached hydrogens (tertiary/aromatic N) is 1. The summed E-state index contributed by atoms with van der Waals surface area (Å²) in [5.74, 6) is 0.194. The lowest BCUT2D eigenvalue weighted by Crippen LogP contribution is -2.44. The third kappa shape index (κ3) is 3.28. The van der Waals surface area contributed by atoms with Gasteiger partial charge in [-0.1, -0.05) is 6.07 Å². The van der Waals surface area contributed by atoms with Crippen molar-refractivity contribution in [2.24, 2.45) is 5.41 Å².